The summed E-state index contributed by atoms with van der Waals surface area (Å²) in [7, 11) is 0. The van der Waals surface area contributed by atoms with E-state index in [9.17, 15) is 4.79 Å². The molecule has 0 unspecified atom stereocenters. The SMILES string of the molecule is CC(C)CCCC[CH]C(=O)O. The molecule has 0 aliphatic heterocycles. The first kappa shape index (κ1) is 10.5. The molecule has 0 spiro atoms. The van der Waals surface area contributed by atoms with Crippen LogP contribution in [0.4, 0.5) is 0 Å². The lowest BCUT2D eigenvalue weighted by Gasteiger charge is -2.02. The predicted octanol–water partition coefficient (Wildman–Crippen LogP) is 2.49. The van der Waals surface area contributed by atoms with Gasteiger partial charge in [-0.05, 0) is 12.3 Å². The van der Waals surface area contributed by atoms with Crippen LogP contribution in [-0.4, -0.2) is 11.1 Å². The molecule has 1 N–H and O–H groups in total. The third kappa shape index (κ3) is 9.47. The van der Waals surface area contributed by atoms with Gasteiger partial charge in [0.2, 0.25) is 0 Å². The van der Waals surface area contributed by atoms with E-state index in [1.165, 1.54) is 12.8 Å². The number of carboxylic acid groups (broad SMARTS) is 1. The quantitative estimate of drug-likeness (QED) is 0.601. The molecule has 0 aromatic rings. The molecule has 0 heterocycles. The highest BCUT2D eigenvalue weighted by Crippen LogP contribution is 2.08. The minimum absolute atomic E-state index is 0.710. The van der Waals surface area contributed by atoms with Gasteiger partial charge in [-0.15, -0.1) is 0 Å². The van der Waals surface area contributed by atoms with Crippen LogP contribution >= 0.6 is 0 Å². The van der Waals surface area contributed by atoms with Gasteiger partial charge in [-0.25, -0.2) is 0 Å². The van der Waals surface area contributed by atoms with Gasteiger partial charge in [0.1, 0.15) is 0 Å². The number of rotatable bonds is 6. The standard InChI is InChI=1S/C9H17O2/c1-8(2)6-4-3-5-7-9(10)11/h7-8H,3-6H2,1-2H3,(H,10,11). The Labute approximate surface area is 68.6 Å². The van der Waals surface area contributed by atoms with Gasteiger partial charge < -0.3 is 5.11 Å². The van der Waals surface area contributed by atoms with E-state index in [0.717, 1.165) is 18.8 Å². The number of carboxylic acids is 1. The Hall–Kier alpha value is -0.530. The Balaban J connectivity index is 2.97. The lowest BCUT2D eigenvalue weighted by Crippen LogP contribution is -1.95. The summed E-state index contributed by atoms with van der Waals surface area (Å²) in [6.07, 6.45) is 5.39. The van der Waals surface area contributed by atoms with E-state index in [1.54, 1.807) is 0 Å². The molecule has 0 saturated heterocycles. The normalized spacial score (nSPS) is 10.5. The minimum Gasteiger partial charge on any atom is -0.481 e. The highest BCUT2D eigenvalue weighted by molar-refractivity contribution is 5.76. The molecule has 65 valence electrons. The van der Waals surface area contributed by atoms with Gasteiger partial charge in [0.05, 0.1) is 6.42 Å². The molecule has 2 heteroatoms. The summed E-state index contributed by atoms with van der Waals surface area (Å²) in [5.41, 5.74) is 0. The van der Waals surface area contributed by atoms with Crippen molar-refractivity contribution < 1.29 is 9.90 Å². The molecule has 1 radical (unpaired) electrons. The van der Waals surface area contributed by atoms with Gasteiger partial charge in [-0.2, -0.15) is 0 Å². The van der Waals surface area contributed by atoms with Crippen LogP contribution in [0.15, 0.2) is 0 Å². The first-order chi connectivity index (χ1) is 5.13. The van der Waals surface area contributed by atoms with Gasteiger partial charge in [0.25, 0.3) is 0 Å². The lowest BCUT2D eigenvalue weighted by molar-refractivity contribution is -0.133. The van der Waals surface area contributed by atoms with Gasteiger partial charge in [0.15, 0.2) is 0 Å². The first-order valence-electron chi connectivity index (χ1n) is 4.19. The van der Waals surface area contributed by atoms with E-state index in [0.29, 0.717) is 6.42 Å². The fourth-order valence-corrected chi connectivity index (χ4v) is 0.922. The molecule has 0 aromatic heterocycles. The summed E-state index contributed by atoms with van der Waals surface area (Å²) < 4.78 is 0. The Bertz CT molecular complexity index is 108. The molecule has 0 amide bonds. The lowest BCUT2D eigenvalue weighted by atomic mass is 10.0. The van der Waals surface area contributed by atoms with Crippen LogP contribution in [0.5, 0.6) is 0 Å². The summed E-state index contributed by atoms with van der Waals surface area (Å²) in [6, 6.07) is 0. The maximum Gasteiger partial charge on any atom is 0.307 e. The largest absolute Gasteiger partial charge is 0.481 e. The molecule has 0 saturated carbocycles. The zero-order valence-electron chi connectivity index (χ0n) is 7.34. The molecule has 0 fully saturated rings. The summed E-state index contributed by atoms with van der Waals surface area (Å²) >= 11 is 0. The molecular formula is C9H17O2. The molecule has 2 nitrogen and oxygen atoms in total. The number of hydrogen-bond acceptors (Lipinski definition) is 1. The van der Waals surface area contributed by atoms with E-state index in [1.807, 2.05) is 0 Å². The van der Waals surface area contributed by atoms with Crippen molar-refractivity contribution in [3.05, 3.63) is 6.42 Å². The Morgan fingerprint density at radius 2 is 2.09 bits per heavy atom. The Morgan fingerprint density at radius 1 is 1.45 bits per heavy atom. The van der Waals surface area contributed by atoms with Gasteiger partial charge >= 0.3 is 5.97 Å². The zero-order chi connectivity index (χ0) is 8.69. The van der Waals surface area contributed by atoms with Crippen LogP contribution in [0, 0.1) is 12.3 Å². The third-order valence-electron chi connectivity index (χ3n) is 1.55. The van der Waals surface area contributed by atoms with E-state index in [-0.39, 0.29) is 0 Å². The smallest absolute Gasteiger partial charge is 0.307 e. The Morgan fingerprint density at radius 3 is 2.55 bits per heavy atom. The van der Waals surface area contributed by atoms with Crippen molar-refractivity contribution in [3.63, 3.8) is 0 Å². The number of hydrogen-bond donors (Lipinski definition) is 1. The second-order valence-corrected chi connectivity index (χ2v) is 3.22. The second kappa shape index (κ2) is 6.20. The third-order valence-corrected chi connectivity index (χ3v) is 1.55. The Kier molecular flexibility index (Phi) is 5.90. The molecule has 0 aliphatic carbocycles. The molecule has 0 aliphatic rings. The van der Waals surface area contributed by atoms with Crippen molar-refractivity contribution in [1.82, 2.24) is 0 Å². The zero-order valence-corrected chi connectivity index (χ0v) is 7.34. The van der Waals surface area contributed by atoms with E-state index >= 15 is 0 Å². The van der Waals surface area contributed by atoms with Crippen LogP contribution in [0.3, 0.4) is 0 Å². The topological polar surface area (TPSA) is 37.3 Å². The molecule has 0 atom stereocenters. The van der Waals surface area contributed by atoms with Crippen molar-refractivity contribution >= 4 is 5.97 Å². The van der Waals surface area contributed by atoms with E-state index in [4.69, 9.17) is 5.11 Å². The maximum absolute atomic E-state index is 10.0. The van der Waals surface area contributed by atoms with E-state index < -0.39 is 5.97 Å². The molecule has 0 rings (SSSR count). The average Bonchev–Trinajstić information content (AvgIpc) is 1.85. The van der Waals surface area contributed by atoms with Crippen LogP contribution in [-0.2, 0) is 4.79 Å². The monoisotopic (exact) mass is 157 g/mol. The fourth-order valence-electron chi connectivity index (χ4n) is 0.922. The summed E-state index contributed by atoms with van der Waals surface area (Å²) in [6.45, 7) is 4.36. The number of unbranched alkanes of at least 4 members (excludes halogenated alkanes) is 2. The van der Waals surface area contributed by atoms with Crippen molar-refractivity contribution in [3.8, 4) is 0 Å². The molecule has 0 bridgehead atoms. The summed E-state index contributed by atoms with van der Waals surface area (Å²) in [5.74, 6) is -0.0608. The highest BCUT2D eigenvalue weighted by Gasteiger charge is 1.97. The molecule has 11 heavy (non-hydrogen) atoms. The number of carbonyl (C=O) groups is 1. The van der Waals surface area contributed by atoms with Crippen molar-refractivity contribution in [2.75, 3.05) is 0 Å². The van der Waals surface area contributed by atoms with Crippen LogP contribution < -0.4 is 0 Å². The molecular weight excluding hydrogens is 140 g/mol. The van der Waals surface area contributed by atoms with Gasteiger partial charge in [0, 0.05) is 0 Å². The second-order valence-electron chi connectivity index (χ2n) is 3.22. The van der Waals surface area contributed by atoms with Crippen LogP contribution in [0.1, 0.15) is 39.5 Å². The average molecular weight is 157 g/mol. The minimum atomic E-state index is -0.797. The fraction of sp³-hybridized carbons (Fsp3) is 0.778. The number of aliphatic carboxylic acids is 1. The van der Waals surface area contributed by atoms with Crippen LogP contribution in [0.25, 0.3) is 0 Å². The first-order valence-corrected chi connectivity index (χ1v) is 4.19. The predicted molar refractivity (Wildman–Crippen MR) is 45.2 cm³/mol. The molecule has 0 aromatic carbocycles. The summed E-state index contributed by atoms with van der Waals surface area (Å²) in [4.78, 5) is 10.0. The van der Waals surface area contributed by atoms with Crippen molar-refractivity contribution in [2.45, 2.75) is 39.5 Å². The summed E-state index contributed by atoms with van der Waals surface area (Å²) in [5, 5.41) is 8.27. The van der Waals surface area contributed by atoms with Crippen molar-refractivity contribution in [1.29, 1.82) is 0 Å². The van der Waals surface area contributed by atoms with Gasteiger partial charge in [-0.3, -0.25) is 4.79 Å². The van der Waals surface area contributed by atoms with Crippen molar-refractivity contribution in [2.24, 2.45) is 5.92 Å². The maximum atomic E-state index is 10.0. The highest BCUT2D eigenvalue weighted by atomic mass is 16.4. The van der Waals surface area contributed by atoms with E-state index in [2.05, 4.69) is 13.8 Å². The van der Waals surface area contributed by atoms with Crippen LogP contribution in [0.2, 0.25) is 0 Å². The van der Waals surface area contributed by atoms with Gasteiger partial charge in [-0.1, -0.05) is 33.1 Å².